The van der Waals surface area contributed by atoms with E-state index in [1.807, 2.05) is 31.2 Å². The number of halogens is 3. The molecule has 0 spiro atoms. The van der Waals surface area contributed by atoms with Gasteiger partial charge < -0.3 is 5.32 Å². The summed E-state index contributed by atoms with van der Waals surface area (Å²) in [5.74, 6) is -2.15. The molecule has 1 aromatic rings. The quantitative estimate of drug-likeness (QED) is 0.800. The van der Waals surface area contributed by atoms with Gasteiger partial charge in [-0.1, -0.05) is 19.1 Å². The van der Waals surface area contributed by atoms with Crippen molar-refractivity contribution in [2.75, 3.05) is 12.3 Å². The highest BCUT2D eigenvalue weighted by Gasteiger charge is 2.42. The molecule has 2 unspecified atom stereocenters. The zero-order valence-corrected chi connectivity index (χ0v) is 14.2. The maximum absolute atomic E-state index is 13.1. The molecule has 2 rings (SSSR count). The van der Waals surface area contributed by atoms with E-state index in [4.69, 9.17) is 0 Å². The minimum atomic E-state index is -2.79. The summed E-state index contributed by atoms with van der Waals surface area (Å²) in [6, 6.07) is 6.92. The molecule has 0 bridgehead atoms. The summed E-state index contributed by atoms with van der Waals surface area (Å²) in [5.41, 5.74) is 0.966. The molecule has 1 aliphatic heterocycles. The molecule has 2 atom stereocenters. The van der Waals surface area contributed by atoms with Gasteiger partial charge >= 0.3 is 0 Å². The molecular formula is C15H21ClF2N2OS. The number of alkyl halides is 2. The molecule has 0 radical (unpaired) electrons. The first-order chi connectivity index (χ1) is 9.91. The summed E-state index contributed by atoms with van der Waals surface area (Å²) >= 11 is 1.75. The molecule has 1 heterocycles. The molecule has 1 amide bonds. The third-order valence-electron chi connectivity index (χ3n) is 3.48. The van der Waals surface area contributed by atoms with Crippen molar-refractivity contribution < 1.29 is 13.6 Å². The highest BCUT2D eigenvalue weighted by Crippen LogP contribution is 2.26. The first kappa shape index (κ1) is 19.2. The fraction of sp³-hybridized carbons (Fsp3) is 0.533. The van der Waals surface area contributed by atoms with Crippen LogP contribution in [0.2, 0.25) is 0 Å². The van der Waals surface area contributed by atoms with Gasteiger partial charge in [0, 0.05) is 11.3 Å². The number of hydrogen-bond acceptors (Lipinski definition) is 3. The normalized spacial score (nSPS) is 21.0. The second kappa shape index (κ2) is 8.13. The molecule has 1 fully saturated rings. The van der Waals surface area contributed by atoms with Crippen LogP contribution in [-0.4, -0.2) is 30.2 Å². The number of hydrogen-bond donors (Lipinski definition) is 2. The van der Waals surface area contributed by atoms with Gasteiger partial charge in [0.15, 0.2) is 0 Å². The summed E-state index contributed by atoms with van der Waals surface area (Å²) < 4.78 is 26.2. The highest BCUT2D eigenvalue weighted by molar-refractivity contribution is 7.99. The van der Waals surface area contributed by atoms with Crippen molar-refractivity contribution in [3.63, 3.8) is 0 Å². The molecule has 0 aliphatic carbocycles. The number of amides is 1. The molecule has 1 saturated heterocycles. The van der Waals surface area contributed by atoms with Crippen LogP contribution in [0.3, 0.4) is 0 Å². The Morgan fingerprint density at radius 3 is 2.59 bits per heavy atom. The van der Waals surface area contributed by atoms with E-state index < -0.39 is 24.9 Å². The molecule has 7 heteroatoms. The molecular weight excluding hydrogens is 330 g/mol. The van der Waals surface area contributed by atoms with Gasteiger partial charge in [0.25, 0.3) is 5.92 Å². The lowest BCUT2D eigenvalue weighted by atomic mass is 10.1. The van der Waals surface area contributed by atoms with Crippen molar-refractivity contribution in [2.24, 2.45) is 0 Å². The van der Waals surface area contributed by atoms with E-state index >= 15 is 0 Å². The van der Waals surface area contributed by atoms with Crippen molar-refractivity contribution in [2.45, 2.75) is 43.2 Å². The van der Waals surface area contributed by atoms with Gasteiger partial charge in [-0.15, -0.1) is 24.2 Å². The van der Waals surface area contributed by atoms with Crippen molar-refractivity contribution >= 4 is 30.1 Å². The number of rotatable bonds is 5. The van der Waals surface area contributed by atoms with Crippen LogP contribution in [0.25, 0.3) is 0 Å². The zero-order chi connectivity index (χ0) is 15.5. The molecule has 0 saturated carbocycles. The highest BCUT2D eigenvalue weighted by atomic mass is 35.5. The van der Waals surface area contributed by atoms with Crippen LogP contribution in [0.5, 0.6) is 0 Å². The minimum absolute atomic E-state index is 0. The lowest BCUT2D eigenvalue weighted by molar-refractivity contribution is -0.124. The van der Waals surface area contributed by atoms with Crippen LogP contribution >= 0.6 is 24.2 Å². The van der Waals surface area contributed by atoms with Gasteiger partial charge in [-0.2, -0.15) is 0 Å². The van der Waals surface area contributed by atoms with E-state index in [-0.39, 0.29) is 24.4 Å². The van der Waals surface area contributed by atoms with Crippen LogP contribution < -0.4 is 10.6 Å². The van der Waals surface area contributed by atoms with Crippen molar-refractivity contribution in [3.05, 3.63) is 29.8 Å². The first-order valence-electron chi connectivity index (χ1n) is 7.05. The lowest BCUT2D eigenvalue weighted by Gasteiger charge is -2.18. The molecule has 3 nitrogen and oxygen atoms in total. The Kier molecular flexibility index (Phi) is 7.09. The van der Waals surface area contributed by atoms with Crippen molar-refractivity contribution in [1.82, 2.24) is 10.6 Å². The monoisotopic (exact) mass is 350 g/mol. The summed E-state index contributed by atoms with van der Waals surface area (Å²) in [7, 11) is 0. The van der Waals surface area contributed by atoms with E-state index in [2.05, 4.69) is 17.6 Å². The summed E-state index contributed by atoms with van der Waals surface area (Å²) in [6.45, 7) is 3.52. The van der Waals surface area contributed by atoms with Gasteiger partial charge in [-0.25, -0.2) is 8.78 Å². The lowest BCUT2D eigenvalue weighted by Crippen LogP contribution is -2.41. The largest absolute Gasteiger partial charge is 0.348 e. The van der Waals surface area contributed by atoms with Crippen LogP contribution in [0, 0.1) is 0 Å². The molecule has 1 aliphatic rings. The zero-order valence-electron chi connectivity index (χ0n) is 12.6. The van der Waals surface area contributed by atoms with E-state index in [9.17, 15) is 13.6 Å². The SMILES string of the molecule is CCSc1ccc(C(C)NC(=O)C2CC(F)(F)CN2)cc1.Cl. The minimum Gasteiger partial charge on any atom is -0.348 e. The van der Waals surface area contributed by atoms with E-state index in [0.717, 1.165) is 11.3 Å². The van der Waals surface area contributed by atoms with Crippen molar-refractivity contribution in [3.8, 4) is 0 Å². The van der Waals surface area contributed by atoms with Gasteiger partial charge in [-0.05, 0) is 30.4 Å². The second-order valence-electron chi connectivity index (χ2n) is 5.23. The van der Waals surface area contributed by atoms with Gasteiger partial charge in [0.2, 0.25) is 5.91 Å². The smallest absolute Gasteiger partial charge is 0.262 e. The predicted molar refractivity (Wildman–Crippen MR) is 88.0 cm³/mol. The maximum atomic E-state index is 13.1. The number of carbonyl (C=O) groups excluding carboxylic acids is 1. The fourth-order valence-electron chi connectivity index (χ4n) is 2.32. The summed E-state index contributed by atoms with van der Waals surface area (Å²) in [5, 5.41) is 5.35. The number of carbonyl (C=O) groups is 1. The fourth-order valence-corrected chi connectivity index (χ4v) is 2.98. The molecule has 0 aromatic heterocycles. The summed E-state index contributed by atoms with van der Waals surface area (Å²) in [6.07, 6.45) is -0.433. The average Bonchev–Trinajstić information content (AvgIpc) is 2.80. The molecule has 2 N–H and O–H groups in total. The Labute approximate surface area is 140 Å². The Morgan fingerprint density at radius 2 is 2.09 bits per heavy atom. The number of nitrogens with one attached hydrogen (secondary N) is 2. The van der Waals surface area contributed by atoms with E-state index in [1.165, 1.54) is 4.90 Å². The Morgan fingerprint density at radius 1 is 1.45 bits per heavy atom. The predicted octanol–water partition coefficient (Wildman–Crippen LogP) is 3.39. The van der Waals surface area contributed by atoms with Crippen molar-refractivity contribution in [1.29, 1.82) is 0 Å². The van der Waals surface area contributed by atoms with Gasteiger partial charge in [0.05, 0.1) is 18.6 Å². The second-order valence-corrected chi connectivity index (χ2v) is 6.56. The molecule has 22 heavy (non-hydrogen) atoms. The first-order valence-corrected chi connectivity index (χ1v) is 8.04. The third kappa shape index (κ3) is 5.11. The molecule has 1 aromatic carbocycles. The average molecular weight is 351 g/mol. The third-order valence-corrected chi connectivity index (χ3v) is 4.37. The Bertz CT molecular complexity index is 499. The van der Waals surface area contributed by atoms with Crippen LogP contribution in [0.15, 0.2) is 29.2 Å². The number of benzene rings is 1. The van der Waals surface area contributed by atoms with Crippen LogP contribution in [-0.2, 0) is 4.79 Å². The number of thioether (sulfide) groups is 1. The summed E-state index contributed by atoms with van der Waals surface area (Å²) in [4.78, 5) is 13.2. The standard InChI is InChI=1S/C15H20F2N2OS.ClH/c1-3-21-12-6-4-11(5-7-12)10(2)19-14(20)13-8-15(16,17)9-18-13;/h4-7,10,13,18H,3,8-9H2,1-2H3,(H,19,20);1H. The Balaban J connectivity index is 0.00000242. The Hall–Kier alpha value is -0.850. The topological polar surface area (TPSA) is 41.1 Å². The van der Waals surface area contributed by atoms with E-state index in [0.29, 0.717) is 0 Å². The van der Waals surface area contributed by atoms with Gasteiger partial charge in [-0.3, -0.25) is 10.1 Å². The van der Waals surface area contributed by atoms with Gasteiger partial charge in [0.1, 0.15) is 0 Å². The maximum Gasteiger partial charge on any atom is 0.262 e. The van der Waals surface area contributed by atoms with Crippen LogP contribution in [0.4, 0.5) is 8.78 Å². The molecule has 124 valence electrons. The van der Waals surface area contributed by atoms with Crippen LogP contribution in [0.1, 0.15) is 31.9 Å². The van der Waals surface area contributed by atoms with E-state index in [1.54, 1.807) is 11.8 Å².